The van der Waals surface area contributed by atoms with Crippen molar-refractivity contribution in [1.29, 1.82) is 0 Å². The number of benzene rings is 1. The minimum absolute atomic E-state index is 0.304. The number of piperidine rings is 3. The van der Waals surface area contributed by atoms with Crippen LogP contribution >= 0.6 is 11.6 Å². The fourth-order valence-corrected chi connectivity index (χ4v) is 4.16. The highest BCUT2D eigenvalue weighted by molar-refractivity contribution is 6.30. The van der Waals surface area contributed by atoms with Gasteiger partial charge in [0.15, 0.2) is 5.76 Å². The molecule has 3 fully saturated rings. The second-order valence-corrected chi connectivity index (χ2v) is 6.95. The van der Waals surface area contributed by atoms with Gasteiger partial charge in [0, 0.05) is 28.6 Å². The van der Waals surface area contributed by atoms with Crippen molar-refractivity contribution in [1.82, 2.24) is 4.90 Å². The summed E-state index contributed by atoms with van der Waals surface area (Å²) in [6, 6.07) is 9.44. The highest BCUT2D eigenvalue weighted by Crippen LogP contribution is 2.42. The molecule has 0 radical (unpaired) electrons. The summed E-state index contributed by atoms with van der Waals surface area (Å²) in [5.74, 6) is 1.41. The van der Waals surface area contributed by atoms with E-state index in [0.717, 1.165) is 30.8 Å². The van der Waals surface area contributed by atoms with E-state index < -0.39 is 5.91 Å². The van der Waals surface area contributed by atoms with Crippen LogP contribution in [0, 0.1) is 5.92 Å². The van der Waals surface area contributed by atoms with Crippen molar-refractivity contribution in [3.05, 3.63) is 46.7 Å². The summed E-state index contributed by atoms with van der Waals surface area (Å²) < 4.78 is 5.83. The molecule has 1 aromatic carbocycles. The van der Waals surface area contributed by atoms with Gasteiger partial charge < -0.3 is 15.1 Å². The molecule has 5 rings (SSSR count). The molecule has 1 unspecified atom stereocenters. The SMILES string of the molecule is NC(=O)c1oc(-c2cccc(Cl)c2)cc1C1CN2CCC1CC2. The van der Waals surface area contributed by atoms with E-state index in [0.29, 0.717) is 28.4 Å². The molecule has 0 saturated carbocycles. The third kappa shape index (κ3) is 2.66. The first-order valence-corrected chi connectivity index (χ1v) is 8.41. The van der Waals surface area contributed by atoms with Crippen LogP contribution in [0.25, 0.3) is 11.3 Å². The number of rotatable bonds is 3. The topological polar surface area (TPSA) is 59.5 Å². The molecule has 5 heteroatoms. The minimum atomic E-state index is -0.496. The molecular weight excluding hydrogens is 312 g/mol. The minimum Gasteiger partial charge on any atom is -0.451 e. The maximum Gasteiger partial charge on any atom is 0.284 e. The van der Waals surface area contributed by atoms with Crippen molar-refractivity contribution in [2.24, 2.45) is 11.7 Å². The fraction of sp³-hybridized carbons (Fsp3) is 0.389. The maximum atomic E-state index is 11.9. The lowest BCUT2D eigenvalue weighted by molar-refractivity contribution is 0.0845. The van der Waals surface area contributed by atoms with E-state index in [1.807, 2.05) is 30.3 Å². The van der Waals surface area contributed by atoms with Gasteiger partial charge in [-0.2, -0.15) is 0 Å². The first kappa shape index (κ1) is 14.8. The van der Waals surface area contributed by atoms with E-state index in [1.165, 1.54) is 12.8 Å². The second-order valence-electron chi connectivity index (χ2n) is 6.51. The van der Waals surface area contributed by atoms with Crippen molar-refractivity contribution >= 4 is 17.5 Å². The van der Waals surface area contributed by atoms with Gasteiger partial charge in [-0.15, -0.1) is 0 Å². The van der Waals surface area contributed by atoms with Gasteiger partial charge in [0.2, 0.25) is 0 Å². The van der Waals surface area contributed by atoms with Gasteiger partial charge in [-0.05, 0) is 50.0 Å². The molecule has 3 aliphatic heterocycles. The van der Waals surface area contributed by atoms with Crippen LogP contribution in [0.5, 0.6) is 0 Å². The van der Waals surface area contributed by atoms with Gasteiger partial charge in [0.25, 0.3) is 5.91 Å². The van der Waals surface area contributed by atoms with Crippen LogP contribution in [-0.2, 0) is 0 Å². The lowest BCUT2D eigenvalue weighted by Crippen LogP contribution is -2.46. The van der Waals surface area contributed by atoms with Gasteiger partial charge in [-0.25, -0.2) is 0 Å². The van der Waals surface area contributed by atoms with Crippen molar-refractivity contribution in [3.8, 4) is 11.3 Å². The molecule has 4 nitrogen and oxygen atoms in total. The summed E-state index contributed by atoms with van der Waals surface area (Å²) in [6.07, 6.45) is 2.36. The molecule has 2 N–H and O–H groups in total. The average molecular weight is 331 g/mol. The Bertz CT molecular complexity index is 747. The van der Waals surface area contributed by atoms with Crippen molar-refractivity contribution in [2.75, 3.05) is 19.6 Å². The summed E-state index contributed by atoms with van der Waals surface area (Å²) in [7, 11) is 0. The number of fused-ring (bicyclic) bond motifs is 3. The Morgan fingerprint density at radius 3 is 2.65 bits per heavy atom. The van der Waals surface area contributed by atoms with E-state index in [9.17, 15) is 4.79 Å². The van der Waals surface area contributed by atoms with Crippen LogP contribution in [0.1, 0.15) is 34.9 Å². The zero-order chi connectivity index (χ0) is 16.0. The summed E-state index contributed by atoms with van der Waals surface area (Å²) in [5, 5.41) is 0.643. The molecule has 120 valence electrons. The Morgan fingerprint density at radius 2 is 2.04 bits per heavy atom. The fourth-order valence-electron chi connectivity index (χ4n) is 3.97. The largest absolute Gasteiger partial charge is 0.451 e. The molecule has 2 aromatic rings. The molecule has 1 atom stereocenters. The molecule has 0 aliphatic carbocycles. The zero-order valence-electron chi connectivity index (χ0n) is 12.8. The molecule has 23 heavy (non-hydrogen) atoms. The Kier molecular flexibility index (Phi) is 3.66. The van der Waals surface area contributed by atoms with Crippen LogP contribution in [0.4, 0.5) is 0 Å². The molecular formula is C18H19ClN2O2. The van der Waals surface area contributed by atoms with Gasteiger partial charge in [-0.3, -0.25) is 4.79 Å². The smallest absolute Gasteiger partial charge is 0.284 e. The highest BCUT2D eigenvalue weighted by atomic mass is 35.5. The Labute approximate surface area is 140 Å². The van der Waals surface area contributed by atoms with Crippen molar-refractivity contribution in [3.63, 3.8) is 0 Å². The predicted molar refractivity (Wildman–Crippen MR) is 89.6 cm³/mol. The third-order valence-electron chi connectivity index (χ3n) is 5.15. The van der Waals surface area contributed by atoms with Crippen molar-refractivity contribution in [2.45, 2.75) is 18.8 Å². The molecule has 1 amide bonds. The molecule has 3 saturated heterocycles. The maximum absolute atomic E-state index is 11.9. The monoisotopic (exact) mass is 330 g/mol. The first-order chi connectivity index (χ1) is 11.1. The summed E-state index contributed by atoms with van der Waals surface area (Å²) in [6.45, 7) is 3.30. The predicted octanol–water partition coefficient (Wildman–Crippen LogP) is 3.51. The Morgan fingerprint density at radius 1 is 1.26 bits per heavy atom. The molecule has 0 spiro atoms. The number of halogens is 1. The molecule has 1 aromatic heterocycles. The number of nitrogens with zero attached hydrogens (tertiary/aromatic N) is 1. The number of carbonyl (C=O) groups excluding carboxylic acids is 1. The van der Waals surface area contributed by atoms with Gasteiger partial charge in [0.05, 0.1) is 0 Å². The second kappa shape index (κ2) is 5.69. The zero-order valence-corrected chi connectivity index (χ0v) is 13.6. The van der Waals surface area contributed by atoms with Crippen LogP contribution in [-0.4, -0.2) is 30.4 Å². The third-order valence-corrected chi connectivity index (χ3v) is 5.38. The van der Waals surface area contributed by atoms with Gasteiger partial charge in [0.1, 0.15) is 5.76 Å². The summed E-state index contributed by atoms with van der Waals surface area (Å²) in [4.78, 5) is 14.3. The van der Waals surface area contributed by atoms with E-state index >= 15 is 0 Å². The number of furan rings is 1. The number of carbonyl (C=O) groups is 1. The summed E-state index contributed by atoms with van der Waals surface area (Å²) in [5.41, 5.74) is 7.40. The molecule has 3 aliphatic rings. The van der Waals surface area contributed by atoms with E-state index in [1.54, 1.807) is 0 Å². The van der Waals surface area contributed by atoms with E-state index in [2.05, 4.69) is 4.90 Å². The number of primary amides is 1. The van der Waals surface area contributed by atoms with Crippen molar-refractivity contribution < 1.29 is 9.21 Å². The van der Waals surface area contributed by atoms with E-state index in [-0.39, 0.29) is 0 Å². The highest BCUT2D eigenvalue weighted by Gasteiger charge is 2.38. The standard InChI is InChI=1S/C18H19ClN2O2/c19-13-3-1-2-12(8-13)16-9-14(17(23-16)18(20)22)15-10-21-6-4-11(15)5-7-21/h1-3,8-9,11,15H,4-7,10H2,(H2,20,22). The quantitative estimate of drug-likeness (QED) is 0.936. The van der Waals surface area contributed by atoms with Gasteiger partial charge in [-0.1, -0.05) is 23.7 Å². The molecule has 4 heterocycles. The average Bonchev–Trinajstić information content (AvgIpc) is 3.01. The number of nitrogens with two attached hydrogens (primary N) is 1. The Hall–Kier alpha value is -1.78. The number of hydrogen-bond acceptors (Lipinski definition) is 3. The molecule has 2 bridgehead atoms. The van der Waals surface area contributed by atoms with Crippen LogP contribution < -0.4 is 5.73 Å². The normalized spacial score (nSPS) is 26.4. The first-order valence-electron chi connectivity index (χ1n) is 8.03. The summed E-state index contributed by atoms with van der Waals surface area (Å²) >= 11 is 6.06. The van der Waals surface area contributed by atoms with Crippen LogP contribution in [0.15, 0.2) is 34.7 Å². The van der Waals surface area contributed by atoms with Gasteiger partial charge >= 0.3 is 0 Å². The number of hydrogen-bond donors (Lipinski definition) is 1. The van der Waals surface area contributed by atoms with Crippen LogP contribution in [0.3, 0.4) is 0 Å². The van der Waals surface area contributed by atoms with Crippen LogP contribution in [0.2, 0.25) is 5.02 Å². The number of amides is 1. The van der Waals surface area contributed by atoms with E-state index in [4.69, 9.17) is 21.8 Å². The lowest BCUT2D eigenvalue weighted by atomic mass is 9.75. The lowest BCUT2D eigenvalue weighted by Gasteiger charge is -2.44. The Balaban J connectivity index is 1.76.